The Morgan fingerprint density at radius 1 is 1.18 bits per heavy atom. The van der Waals surface area contributed by atoms with Crippen molar-refractivity contribution in [2.24, 2.45) is 10.7 Å². The molecule has 0 aliphatic carbocycles. The number of nitrogens with zero attached hydrogens (tertiary/aromatic N) is 3. The Hall–Kier alpha value is -2.47. The first-order valence-corrected chi connectivity index (χ1v) is 7.24. The number of benzene rings is 1. The van der Waals surface area contributed by atoms with Crippen molar-refractivity contribution in [2.45, 2.75) is 18.1 Å². The quantitative estimate of drug-likeness (QED) is 0.907. The molecule has 112 valence electrons. The second-order valence-electron chi connectivity index (χ2n) is 5.51. The third-order valence-corrected chi connectivity index (χ3v) is 4.26. The molecule has 1 fully saturated rings. The van der Waals surface area contributed by atoms with Crippen LogP contribution in [0.25, 0.3) is 11.1 Å². The van der Waals surface area contributed by atoms with Crippen molar-refractivity contribution < 1.29 is 9.47 Å². The fourth-order valence-electron chi connectivity index (χ4n) is 3.16. The first kappa shape index (κ1) is 13.2. The maximum atomic E-state index is 5.82. The summed E-state index contributed by atoms with van der Waals surface area (Å²) in [4.78, 5) is 12.8. The minimum Gasteiger partial charge on any atom is -0.457 e. The van der Waals surface area contributed by atoms with Crippen molar-refractivity contribution in [3.05, 3.63) is 48.5 Å². The van der Waals surface area contributed by atoms with Crippen LogP contribution in [0.3, 0.4) is 0 Å². The number of fused-ring (bicyclic) bond motifs is 1. The van der Waals surface area contributed by atoms with E-state index in [2.05, 4.69) is 27.1 Å². The van der Waals surface area contributed by atoms with Crippen molar-refractivity contribution in [1.82, 2.24) is 9.97 Å². The van der Waals surface area contributed by atoms with Crippen molar-refractivity contribution in [2.75, 3.05) is 13.2 Å². The lowest BCUT2D eigenvalue weighted by atomic mass is 9.80. The van der Waals surface area contributed by atoms with Crippen LogP contribution in [0.4, 0.5) is 0 Å². The van der Waals surface area contributed by atoms with Crippen LogP contribution >= 0.6 is 0 Å². The van der Waals surface area contributed by atoms with E-state index in [4.69, 9.17) is 15.2 Å². The van der Waals surface area contributed by atoms with E-state index in [0.717, 1.165) is 23.1 Å². The van der Waals surface area contributed by atoms with Crippen LogP contribution in [0.2, 0.25) is 0 Å². The molecule has 0 radical (unpaired) electrons. The summed E-state index contributed by atoms with van der Waals surface area (Å²) in [5.74, 6) is 0. The Bertz CT molecular complexity index is 719. The minimum absolute atomic E-state index is 0.163. The highest BCUT2D eigenvalue weighted by Gasteiger charge is 2.49. The highest BCUT2D eigenvalue weighted by atomic mass is 16.6. The molecule has 2 aromatic rings. The molecule has 0 saturated carbocycles. The zero-order chi connectivity index (χ0) is 15.0. The topological polar surface area (TPSA) is 82.6 Å². The maximum Gasteiger partial charge on any atom is 0.283 e. The molecule has 2 aliphatic rings. The minimum atomic E-state index is -0.450. The van der Waals surface area contributed by atoms with Gasteiger partial charge < -0.3 is 15.2 Å². The molecule has 2 N–H and O–H groups in total. The van der Waals surface area contributed by atoms with E-state index in [0.29, 0.717) is 13.2 Å². The Labute approximate surface area is 128 Å². The molecule has 1 aromatic carbocycles. The van der Waals surface area contributed by atoms with Gasteiger partial charge in [-0.3, -0.25) is 0 Å². The van der Waals surface area contributed by atoms with Gasteiger partial charge in [-0.05, 0) is 17.2 Å². The lowest BCUT2D eigenvalue weighted by molar-refractivity contribution is -0.0339. The highest BCUT2D eigenvalue weighted by Crippen LogP contribution is 2.42. The van der Waals surface area contributed by atoms with Crippen LogP contribution < -0.4 is 5.73 Å². The third kappa shape index (κ3) is 2.03. The second-order valence-corrected chi connectivity index (χ2v) is 5.51. The molecule has 4 rings (SSSR count). The molecular weight excluding hydrogens is 280 g/mol. The van der Waals surface area contributed by atoms with E-state index in [9.17, 15) is 0 Å². The smallest absolute Gasteiger partial charge is 0.283 e. The maximum absolute atomic E-state index is 5.82. The standard InChI is InChI=1S/C16H16N4O2/c17-15-20-16(4-5-21-9-14(16)22-15)13-3-1-2-11(6-13)12-7-18-10-19-8-12/h1-3,6-8,10,14H,4-5,9H2,(H2,17,20)/t14-,16-/m1/s1. The summed E-state index contributed by atoms with van der Waals surface area (Å²) in [6.45, 7) is 1.15. The number of nitrogens with two attached hydrogens (primary N) is 1. The average Bonchev–Trinajstić information content (AvgIpc) is 2.93. The molecule has 0 amide bonds. The largest absolute Gasteiger partial charge is 0.457 e. The fraction of sp³-hybridized carbons (Fsp3) is 0.312. The summed E-state index contributed by atoms with van der Waals surface area (Å²) < 4.78 is 11.2. The molecule has 6 heteroatoms. The number of aliphatic imine (C=N–C) groups is 1. The van der Waals surface area contributed by atoms with Crippen LogP contribution in [0, 0.1) is 0 Å². The van der Waals surface area contributed by atoms with Crippen LogP contribution in [0.5, 0.6) is 0 Å². The van der Waals surface area contributed by atoms with Gasteiger partial charge in [-0.1, -0.05) is 18.2 Å². The number of amidine groups is 1. The lowest BCUT2D eigenvalue weighted by Crippen LogP contribution is -2.44. The van der Waals surface area contributed by atoms with Crippen molar-refractivity contribution in [1.29, 1.82) is 0 Å². The molecule has 2 atom stereocenters. The Kier molecular flexibility index (Phi) is 3.04. The molecule has 0 unspecified atom stereocenters. The van der Waals surface area contributed by atoms with Gasteiger partial charge in [-0.2, -0.15) is 0 Å². The monoisotopic (exact) mass is 296 g/mol. The number of hydrogen-bond donors (Lipinski definition) is 1. The summed E-state index contributed by atoms with van der Waals surface area (Å²) in [5, 5.41) is 0. The molecule has 6 nitrogen and oxygen atoms in total. The van der Waals surface area contributed by atoms with Gasteiger partial charge in [0.25, 0.3) is 6.02 Å². The zero-order valence-electron chi connectivity index (χ0n) is 12.0. The molecule has 2 aliphatic heterocycles. The number of rotatable bonds is 2. The Morgan fingerprint density at radius 2 is 2.05 bits per heavy atom. The van der Waals surface area contributed by atoms with Crippen LogP contribution in [-0.4, -0.2) is 35.3 Å². The van der Waals surface area contributed by atoms with Crippen LogP contribution in [0.1, 0.15) is 12.0 Å². The molecular formula is C16H16N4O2. The van der Waals surface area contributed by atoms with Crippen molar-refractivity contribution >= 4 is 6.02 Å². The predicted octanol–water partition coefficient (Wildman–Crippen LogP) is 1.47. The van der Waals surface area contributed by atoms with E-state index in [1.165, 1.54) is 6.33 Å². The van der Waals surface area contributed by atoms with Gasteiger partial charge in [0.1, 0.15) is 11.9 Å². The second kappa shape index (κ2) is 5.06. The molecule has 1 aromatic heterocycles. The molecule has 0 bridgehead atoms. The van der Waals surface area contributed by atoms with Crippen LogP contribution in [-0.2, 0) is 15.0 Å². The number of ether oxygens (including phenoxy) is 2. The number of hydrogen-bond acceptors (Lipinski definition) is 6. The van der Waals surface area contributed by atoms with E-state index in [-0.39, 0.29) is 12.1 Å². The van der Waals surface area contributed by atoms with E-state index < -0.39 is 5.54 Å². The third-order valence-electron chi connectivity index (χ3n) is 4.26. The fourth-order valence-corrected chi connectivity index (χ4v) is 3.16. The summed E-state index contributed by atoms with van der Waals surface area (Å²) in [6.07, 6.45) is 5.72. The molecule has 3 heterocycles. The van der Waals surface area contributed by atoms with Gasteiger partial charge in [-0.15, -0.1) is 0 Å². The predicted molar refractivity (Wildman–Crippen MR) is 81.1 cm³/mol. The zero-order valence-corrected chi connectivity index (χ0v) is 12.0. The van der Waals surface area contributed by atoms with E-state index >= 15 is 0 Å². The Morgan fingerprint density at radius 3 is 2.91 bits per heavy atom. The van der Waals surface area contributed by atoms with Gasteiger partial charge in [0, 0.05) is 31.0 Å². The molecule has 0 spiro atoms. The van der Waals surface area contributed by atoms with Gasteiger partial charge >= 0.3 is 0 Å². The first-order chi connectivity index (χ1) is 10.8. The van der Waals surface area contributed by atoms with Gasteiger partial charge in [-0.25, -0.2) is 15.0 Å². The SMILES string of the molecule is NC1=N[C@@]2(c3cccc(-c4cncnc4)c3)CCOC[C@H]2O1. The van der Waals surface area contributed by atoms with Gasteiger partial charge in [0.15, 0.2) is 6.10 Å². The highest BCUT2D eigenvalue weighted by molar-refractivity contribution is 5.75. The molecule has 22 heavy (non-hydrogen) atoms. The van der Waals surface area contributed by atoms with E-state index in [1.54, 1.807) is 12.4 Å². The summed E-state index contributed by atoms with van der Waals surface area (Å²) in [7, 11) is 0. The summed E-state index contributed by atoms with van der Waals surface area (Å²) in [5.41, 5.74) is 8.48. The summed E-state index contributed by atoms with van der Waals surface area (Å²) >= 11 is 0. The lowest BCUT2D eigenvalue weighted by Gasteiger charge is -2.35. The summed E-state index contributed by atoms with van der Waals surface area (Å²) in [6, 6.07) is 8.47. The van der Waals surface area contributed by atoms with Gasteiger partial charge in [0.05, 0.1) is 6.61 Å². The van der Waals surface area contributed by atoms with Gasteiger partial charge in [0.2, 0.25) is 0 Å². The van der Waals surface area contributed by atoms with Crippen molar-refractivity contribution in [3.8, 4) is 11.1 Å². The van der Waals surface area contributed by atoms with Crippen molar-refractivity contribution in [3.63, 3.8) is 0 Å². The molecule has 1 saturated heterocycles. The Balaban J connectivity index is 1.79. The van der Waals surface area contributed by atoms with Crippen LogP contribution in [0.15, 0.2) is 48.0 Å². The van der Waals surface area contributed by atoms with E-state index in [1.807, 2.05) is 12.1 Å². The number of aromatic nitrogens is 2. The first-order valence-electron chi connectivity index (χ1n) is 7.24. The normalized spacial score (nSPS) is 26.9. The average molecular weight is 296 g/mol.